The molecule has 0 atom stereocenters. The number of rotatable bonds is 3. The van der Waals surface area contributed by atoms with Gasteiger partial charge in [0.15, 0.2) is 0 Å². The summed E-state index contributed by atoms with van der Waals surface area (Å²) in [5, 5.41) is 0.639. The Morgan fingerprint density at radius 1 is 1.15 bits per heavy atom. The molecule has 6 heteroatoms. The van der Waals surface area contributed by atoms with Crippen LogP contribution in [0.2, 0.25) is 5.02 Å². The number of nitrogens with zero attached hydrogens (tertiary/aromatic N) is 3. The van der Waals surface area contributed by atoms with E-state index in [1.807, 2.05) is 47.5 Å². The highest BCUT2D eigenvalue weighted by atomic mass is 35.5. The molecular weight excluding hydrogens is 350 g/mol. The number of benzene rings is 1. The quantitative estimate of drug-likeness (QED) is 0.834. The van der Waals surface area contributed by atoms with Gasteiger partial charge < -0.3 is 9.64 Å². The average Bonchev–Trinajstić information content (AvgIpc) is 2.68. The van der Waals surface area contributed by atoms with Crippen molar-refractivity contribution in [1.29, 1.82) is 0 Å². The van der Waals surface area contributed by atoms with Gasteiger partial charge in [0.1, 0.15) is 12.4 Å². The standard InChI is InChI=1S/C20H20ClN3O2/c21-17-4-5-19-15(12-17)11-16(14-26-19)20(25)24-9-7-23(8-10-24)13-18-3-1-2-6-22-18/h1-6,11-12H,7-10,13-14H2. The first-order chi connectivity index (χ1) is 12.7. The van der Waals surface area contributed by atoms with Gasteiger partial charge in [-0.15, -0.1) is 0 Å². The van der Waals surface area contributed by atoms with Crippen LogP contribution in [0.25, 0.3) is 6.08 Å². The van der Waals surface area contributed by atoms with Crippen molar-refractivity contribution < 1.29 is 9.53 Å². The van der Waals surface area contributed by atoms with E-state index in [0.29, 0.717) is 30.3 Å². The van der Waals surface area contributed by atoms with Gasteiger partial charge in [-0.3, -0.25) is 14.7 Å². The smallest absolute Gasteiger partial charge is 0.253 e. The number of amides is 1. The number of hydrogen-bond donors (Lipinski definition) is 0. The second kappa shape index (κ2) is 7.48. The Bertz CT molecular complexity index is 830. The second-order valence-corrected chi connectivity index (χ2v) is 6.97. The highest BCUT2D eigenvalue weighted by Gasteiger charge is 2.26. The number of carbonyl (C=O) groups is 1. The Labute approximate surface area is 157 Å². The van der Waals surface area contributed by atoms with Crippen molar-refractivity contribution in [2.45, 2.75) is 6.54 Å². The summed E-state index contributed by atoms with van der Waals surface area (Å²) < 4.78 is 5.71. The molecule has 1 saturated heterocycles. The summed E-state index contributed by atoms with van der Waals surface area (Å²) in [7, 11) is 0. The van der Waals surface area contributed by atoms with Gasteiger partial charge in [0.25, 0.3) is 5.91 Å². The highest BCUT2D eigenvalue weighted by Crippen LogP contribution is 2.29. The Kier molecular flexibility index (Phi) is 4.91. The zero-order valence-corrected chi connectivity index (χ0v) is 15.2. The van der Waals surface area contributed by atoms with E-state index in [4.69, 9.17) is 16.3 Å². The van der Waals surface area contributed by atoms with Crippen molar-refractivity contribution in [3.8, 4) is 5.75 Å². The van der Waals surface area contributed by atoms with Crippen molar-refractivity contribution in [1.82, 2.24) is 14.8 Å². The molecule has 3 heterocycles. The zero-order valence-electron chi connectivity index (χ0n) is 14.4. The van der Waals surface area contributed by atoms with E-state index in [2.05, 4.69) is 9.88 Å². The molecule has 2 aliphatic heterocycles. The number of ether oxygens (including phenoxy) is 1. The van der Waals surface area contributed by atoms with Crippen LogP contribution >= 0.6 is 11.6 Å². The zero-order chi connectivity index (χ0) is 17.9. The van der Waals surface area contributed by atoms with Crippen LogP contribution < -0.4 is 4.74 Å². The Hall–Kier alpha value is -2.37. The summed E-state index contributed by atoms with van der Waals surface area (Å²) in [5.41, 5.74) is 2.60. The fourth-order valence-electron chi connectivity index (χ4n) is 3.30. The molecule has 0 unspecified atom stereocenters. The fourth-order valence-corrected chi connectivity index (χ4v) is 3.49. The molecule has 134 valence electrons. The molecule has 0 saturated carbocycles. The minimum absolute atomic E-state index is 0.0492. The third-order valence-corrected chi connectivity index (χ3v) is 4.97. The fraction of sp³-hybridized carbons (Fsp3) is 0.300. The van der Waals surface area contributed by atoms with Gasteiger partial charge >= 0.3 is 0 Å². The maximum absolute atomic E-state index is 12.8. The molecule has 0 bridgehead atoms. The van der Waals surface area contributed by atoms with Gasteiger partial charge in [-0.25, -0.2) is 0 Å². The summed E-state index contributed by atoms with van der Waals surface area (Å²) in [4.78, 5) is 21.4. The molecule has 2 aliphatic rings. The average molecular weight is 370 g/mol. The van der Waals surface area contributed by atoms with Gasteiger partial charge in [0.05, 0.1) is 11.3 Å². The van der Waals surface area contributed by atoms with E-state index >= 15 is 0 Å². The number of carbonyl (C=O) groups excluding carboxylic acids is 1. The molecule has 4 rings (SSSR count). The molecule has 1 aromatic heterocycles. The first-order valence-corrected chi connectivity index (χ1v) is 9.11. The minimum Gasteiger partial charge on any atom is -0.488 e. The van der Waals surface area contributed by atoms with E-state index in [9.17, 15) is 4.79 Å². The van der Waals surface area contributed by atoms with Crippen molar-refractivity contribution in [3.05, 3.63) is 64.4 Å². The molecule has 1 aromatic carbocycles. The van der Waals surface area contributed by atoms with Gasteiger partial charge in [-0.2, -0.15) is 0 Å². The summed E-state index contributed by atoms with van der Waals surface area (Å²) in [6, 6.07) is 11.4. The van der Waals surface area contributed by atoms with Crippen molar-refractivity contribution in [3.63, 3.8) is 0 Å². The lowest BCUT2D eigenvalue weighted by atomic mass is 10.1. The summed E-state index contributed by atoms with van der Waals surface area (Å²) >= 11 is 6.04. The second-order valence-electron chi connectivity index (χ2n) is 6.53. The highest BCUT2D eigenvalue weighted by molar-refractivity contribution is 6.30. The summed E-state index contributed by atoms with van der Waals surface area (Å²) in [6.45, 7) is 4.25. The molecular formula is C20H20ClN3O2. The monoisotopic (exact) mass is 369 g/mol. The van der Waals surface area contributed by atoms with Crippen LogP contribution in [0.4, 0.5) is 0 Å². The first-order valence-electron chi connectivity index (χ1n) is 8.73. The summed E-state index contributed by atoms with van der Waals surface area (Å²) in [6.07, 6.45) is 3.71. The van der Waals surface area contributed by atoms with Gasteiger partial charge in [0.2, 0.25) is 0 Å². The first kappa shape index (κ1) is 17.1. The predicted octanol–water partition coefficient (Wildman–Crippen LogP) is 2.86. The number of aromatic nitrogens is 1. The van der Waals surface area contributed by atoms with Gasteiger partial charge in [0, 0.05) is 49.5 Å². The SMILES string of the molecule is O=C(C1=Cc2cc(Cl)ccc2OC1)N1CCN(Cc2ccccn2)CC1. The van der Waals surface area contributed by atoms with E-state index in [1.165, 1.54) is 0 Å². The maximum atomic E-state index is 12.8. The van der Waals surface area contributed by atoms with Crippen LogP contribution in [0.1, 0.15) is 11.3 Å². The lowest BCUT2D eigenvalue weighted by Crippen LogP contribution is -2.49. The Morgan fingerprint density at radius 3 is 2.77 bits per heavy atom. The Balaban J connectivity index is 1.38. The number of halogens is 1. The number of fused-ring (bicyclic) bond motifs is 1. The third kappa shape index (κ3) is 3.74. The Morgan fingerprint density at radius 2 is 2.00 bits per heavy atom. The topological polar surface area (TPSA) is 45.7 Å². The largest absolute Gasteiger partial charge is 0.488 e. The minimum atomic E-state index is 0.0492. The molecule has 26 heavy (non-hydrogen) atoms. The van der Waals surface area contributed by atoms with Crippen LogP contribution in [0, 0.1) is 0 Å². The molecule has 1 fully saturated rings. The third-order valence-electron chi connectivity index (χ3n) is 4.73. The molecule has 0 N–H and O–H groups in total. The number of pyridine rings is 1. The van der Waals surface area contributed by atoms with E-state index < -0.39 is 0 Å². The lowest BCUT2D eigenvalue weighted by molar-refractivity contribution is -0.129. The normalized spacial score (nSPS) is 17.3. The maximum Gasteiger partial charge on any atom is 0.253 e. The van der Waals surface area contributed by atoms with Crippen LogP contribution in [0.15, 0.2) is 48.2 Å². The summed E-state index contributed by atoms with van der Waals surface area (Å²) in [5.74, 6) is 0.819. The van der Waals surface area contributed by atoms with E-state index in [-0.39, 0.29) is 5.91 Å². The van der Waals surface area contributed by atoms with Crippen LogP contribution in [0.3, 0.4) is 0 Å². The van der Waals surface area contributed by atoms with Crippen LogP contribution in [-0.2, 0) is 11.3 Å². The predicted molar refractivity (Wildman–Crippen MR) is 101 cm³/mol. The van der Waals surface area contributed by atoms with Crippen molar-refractivity contribution in [2.24, 2.45) is 0 Å². The molecule has 0 spiro atoms. The van der Waals surface area contributed by atoms with Gasteiger partial charge in [-0.1, -0.05) is 17.7 Å². The number of hydrogen-bond acceptors (Lipinski definition) is 4. The van der Waals surface area contributed by atoms with Gasteiger partial charge in [-0.05, 0) is 36.4 Å². The molecule has 0 radical (unpaired) electrons. The lowest BCUT2D eigenvalue weighted by Gasteiger charge is -2.35. The van der Waals surface area contributed by atoms with E-state index in [1.54, 1.807) is 6.07 Å². The van der Waals surface area contributed by atoms with Crippen molar-refractivity contribution in [2.75, 3.05) is 32.8 Å². The van der Waals surface area contributed by atoms with E-state index in [0.717, 1.165) is 36.6 Å². The molecule has 5 nitrogen and oxygen atoms in total. The van der Waals surface area contributed by atoms with Crippen LogP contribution in [0.5, 0.6) is 5.75 Å². The van der Waals surface area contributed by atoms with Crippen molar-refractivity contribution >= 4 is 23.6 Å². The van der Waals surface area contributed by atoms with Crippen LogP contribution in [-0.4, -0.2) is 53.5 Å². The molecule has 2 aromatic rings. The number of piperazine rings is 1. The molecule has 1 amide bonds. The molecule has 0 aliphatic carbocycles.